The predicted molar refractivity (Wildman–Crippen MR) is 101 cm³/mol. The average Bonchev–Trinajstić information content (AvgIpc) is 3.01. The maximum absolute atomic E-state index is 12.8. The number of carbonyl (C=O) groups is 2. The molecule has 3 aromatic rings. The molecule has 1 aliphatic heterocycles. The summed E-state index contributed by atoms with van der Waals surface area (Å²) >= 11 is 0. The van der Waals surface area contributed by atoms with Gasteiger partial charge in [0.1, 0.15) is 5.65 Å². The monoisotopic (exact) mass is 363 g/mol. The summed E-state index contributed by atoms with van der Waals surface area (Å²) < 4.78 is 1.97. The van der Waals surface area contributed by atoms with Gasteiger partial charge in [-0.25, -0.2) is 9.78 Å². The third-order valence-electron chi connectivity index (χ3n) is 4.94. The van der Waals surface area contributed by atoms with Gasteiger partial charge in [0.15, 0.2) is 0 Å². The third kappa shape index (κ3) is 3.40. The summed E-state index contributed by atoms with van der Waals surface area (Å²) in [7, 11) is 1.95. The number of fused-ring (bicyclic) bond motifs is 1. The molecule has 7 nitrogen and oxygen atoms in total. The largest absolute Gasteiger partial charge is 0.335 e. The molecule has 0 bridgehead atoms. The van der Waals surface area contributed by atoms with Crippen LogP contribution in [-0.2, 0) is 24.8 Å². The summed E-state index contributed by atoms with van der Waals surface area (Å²) in [6.45, 7) is 1.32. The van der Waals surface area contributed by atoms with E-state index in [1.165, 1.54) is 4.90 Å². The van der Waals surface area contributed by atoms with Crippen LogP contribution in [0.15, 0.2) is 49.1 Å². The van der Waals surface area contributed by atoms with Crippen molar-refractivity contribution >= 4 is 23.0 Å². The van der Waals surface area contributed by atoms with Gasteiger partial charge in [0, 0.05) is 63.3 Å². The van der Waals surface area contributed by atoms with Gasteiger partial charge in [-0.15, -0.1) is 0 Å². The second kappa shape index (κ2) is 7.19. The molecule has 1 aliphatic rings. The van der Waals surface area contributed by atoms with Crippen molar-refractivity contribution in [2.24, 2.45) is 7.05 Å². The number of urea groups is 1. The number of hydrogen-bond acceptors (Lipinski definition) is 4. The molecule has 27 heavy (non-hydrogen) atoms. The number of carbonyl (C=O) groups excluding carboxylic acids is 2. The first kappa shape index (κ1) is 17.2. The Morgan fingerprint density at radius 2 is 1.93 bits per heavy atom. The molecule has 7 heteroatoms. The van der Waals surface area contributed by atoms with Crippen LogP contribution in [-0.4, -0.2) is 49.4 Å². The Morgan fingerprint density at radius 3 is 2.74 bits per heavy atom. The Labute approximate surface area is 157 Å². The lowest BCUT2D eigenvalue weighted by molar-refractivity contribution is -0.131. The molecule has 4 rings (SSSR count). The maximum Gasteiger partial charge on any atom is 0.327 e. The van der Waals surface area contributed by atoms with E-state index >= 15 is 0 Å². The van der Waals surface area contributed by atoms with E-state index in [2.05, 4.69) is 9.97 Å². The highest BCUT2D eigenvalue weighted by Gasteiger charge is 2.31. The number of rotatable bonds is 5. The van der Waals surface area contributed by atoms with E-state index in [9.17, 15) is 9.59 Å². The molecule has 0 spiro atoms. The van der Waals surface area contributed by atoms with Crippen molar-refractivity contribution in [3.63, 3.8) is 0 Å². The van der Waals surface area contributed by atoms with E-state index in [1.807, 2.05) is 42.1 Å². The number of imide groups is 1. The summed E-state index contributed by atoms with van der Waals surface area (Å²) in [5.41, 5.74) is 3.00. The first-order valence-electron chi connectivity index (χ1n) is 9.00. The normalized spacial score (nSPS) is 15.0. The Balaban J connectivity index is 1.48. The minimum atomic E-state index is -0.221. The second-order valence-electron chi connectivity index (χ2n) is 6.74. The minimum Gasteiger partial charge on any atom is -0.335 e. The Morgan fingerprint density at radius 1 is 1.11 bits per heavy atom. The lowest BCUT2D eigenvalue weighted by atomic mass is 10.1. The molecule has 0 aromatic carbocycles. The van der Waals surface area contributed by atoms with Crippen LogP contribution < -0.4 is 0 Å². The highest BCUT2D eigenvalue weighted by molar-refractivity contribution is 5.96. The molecule has 0 aliphatic carbocycles. The van der Waals surface area contributed by atoms with Crippen molar-refractivity contribution < 1.29 is 9.59 Å². The third-order valence-corrected chi connectivity index (χ3v) is 4.94. The molecular formula is C20H21N5O2. The zero-order valence-electron chi connectivity index (χ0n) is 15.2. The summed E-state index contributed by atoms with van der Waals surface area (Å²) in [6, 6.07) is 7.47. The Kier molecular flexibility index (Phi) is 4.58. The molecule has 0 atom stereocenters. The molecule has 0 unspecified atom stereocenters. The van der Waals surface area contributed by atoms with E-state index in [0.717, 1.165) is 22.2 Å². The zero-order valence-corrected chi connectivity index (χ0v) is 15.2. The molecule has 1 fully saturated rings. The van der Waals surface area contributed by atoms with Gasteiger partial charge in [-0.05, 0) is 41.8 Å². The molecule has 4 heterocycles. The van der Waals surface area contributed by atoms with Gasteiger partial charge in [0.2, 0.25) is 5.91 Å². The molecule has 0 saturated carbocycles. The lowest BCUT2D eigenvalue weighted by Crippen LogP contribution is -2.52. The number of nitrogens with zero attached hydrogens (tertiary/aromatic N) is 5. The van der Waals surface area contributed by atoms with Gasteiger partial charge in [0.25, 0.3) is 0 Å². The van der Waals surface area contributed by atoms with E-state index < -0.39 is 0 Å². The van der Waals surface area contributed by atoms with Gasteiger partial charge < -0.3 is 9.47 Å². The van der Waals surface area contributed by atoms with Crippen molar-refractivity contribution in [2.45, 2.75) is 19.4 Å². The van der Waals surface area contributed by atoms with Crippen LogP contribution in [0.2, 0.25) is 0 Å². The summed E-state index contributed by atoms with van der Waals surface area (Å²) in [6.07, 6.45) is 8.17. The number of aromatic nitrogens is 3. The molecule has 3 aromatic heterocycles. The van der Waals surface area contributed by atoms with Crippen LogP contribution >= 0.6 is 0 Å². The quantitative estimate of drug-likeness (QED) is 0.698. The molecule has 0 N–H and O–H groups in total. The van der Waals surface area contributed by atoms with E-state index in [-0.39, 0.29) is 11.9 Å². The summed E-state index contributed by atoms with van der Waals surface area (Å²) in [5, 5.41) is 1.06. The fourth-order valence-corrected chi connectivity index (χ4v) is 3.54. The van der Waals surface area contributed by atoms with Crippen LogP contribution in [0.25, 0.3) is 11.0 Å². The molecule has 0 radical (unpaired) electrons. The van der Waals surface area contributed by atoms with Crippen LogP contribution in [0.4, 0.5) is 4.79 Å². The smallest absolute Gasteiger partial charge is 0.327 e. The topological polar surface area (TPSA) is 71.3 Å². The first-order chi connectivity index (χ1) is 13.1. The number of amides is 3. The minimum absolute atomic E-state index is 0.107. The Bertz CT molecular complexity index is 982. The SMILES string of the molecule is Cn1cc(CCN2C(=O)CCN(Cc3ccncc3)C2=O)c2cccnc21. The molecule has 3 amide bonds. The van der Waals surface area contributed by atoms with Gasteiger partial charge in [-0.1, -0.05) is 0 Å². The number of pyridine rings is 2. The van der Waals surface area contributed by atoms with Crippen molar-refractivity contribution in [3.8, 4) is 0 Å². The van der Waals surface area contributed by atoms with Gasteiger partial charge >= 0.3 is 6.03 Å². The van der Waals surface area contributed by atoms with E-state index in [0.29, 0.717) is 32.5 Å². The van der Waals surface area contributed by atoms with Crippen molar-refractivity contribution in [1.82, 2.24) is 24.3 Å². The van der Waals surface area contributed by atoms with Crippen LogP contribution in [0.3, 0.4) is 0 Å². The zero-order chi connectivity index (χ0) is 18.8. The highest BCUT2D eigenvalue weighted by atomic mass is 16.2. The number of aryl methyl sites for hydroxylation is 1. The molecular weight excluding hydrogens is 342 g/mol. The van der Waals surface area contributed by atoms with Crippen molar-refractivity contribution in [2.75, 3.05) is 13.1 Å². The van der Waals surface area contributed by atoms with Gasteiger partial charge in [-0.2, -0.15) is 0 Å². The predicted octanol–water partition coefficient (Wildman–Crippen LogP) is 2.37. The Hall–Kier alpha value is -3.22. The summed E-state index contributed by atoms with van der Waals surface area (Å²) in [4.78, 5) is 36.7. The van der Waals surface area contributed by atoms with Crippen molar-refractivity contribution in [3.05, 3.63) is 60.2 Å². The van der Waals surface area contributed by atoms with E-state index in [1.54, 1.807) is 23.5 Å². The lowest BCUT2D eigenvalue weighted by Gasteiger charge is -2.34. The first-order valence-corrected chi connectivity index (χ1v) is 9.00. The number of hydrogen-bond donors (Lipinski definition) is 0. The van der Waals surface area contributed by atoms with Crippen molar-refractivity contribution in [1.29, 1.82) is 0 Å². The molecule has 138 valence electrons. The molecule has 1 saturated heterocycles. The fraction of sp³-hybridized carbons (Fsp3) is 0.300. The van der Waals surface area contributed by atoms with Gasteiger partial charge in [0.05, 0.1) is 0 Å². The highest BCUT2D eigenvalue weighted by Crippen LogP contribution is 2.20. The maximum atomic E-state index is 12.8. The van der Waals surface area contributed by atoms with Crippen LogP contribution in [0, 0.1) is 0 Å². The summed E-state index contributed by atoms with van der Waals surface area (Å²) in [5.74, 6) is -0.107. The van der Waals surface area contributed by atoms with Gasteiger partial charge in [-0.3, -0.25) is 14.7 Å². The average molecular weight is 363 g/mol. The van der Waals surface area contributed by atoms with Crippen LogP contribution in [0.5, 0.6) is 0 Å². The van der Waals surface area contributed by atoms with Crippen LogP contribution in [0.1, 0.15) is 17.5 Å². The standard InChI is InChI=1S/C20H21N5O2/c1-23-14-16(17-3-2-8-22-19(17)23)6-12-25-18(26)7-11-24(20(25)27)13-15-4-9-21-10-5-15/h2-5,8-10,14H,6-7,11-13H2,1H3. The second-order valence-corrected chi connectivity index (χ2v) is 6.74. The van der Waals surface area contributed by atoms with E-state index in [4.69, 9.17) is 0 Å². The fourth-order valence-electron chi connectivity index (χ4n) is 3.54.